The van der Waals surface area contributed by atoms with E-state index in [1.165, 1.54) is 0 Å². The summed E-state index contributed by atoms with van der Waals surface area (Å²) in [5.41, 5.74) is 1.85. The van der Waals surface area contributed by atoms with Crippen LogP contribution < -0.4 is 0 Å². The van der Waals surface area contributed by atoms with Crippen LogP contribution in [0.4, 0.5) is 0 Å². The number of carbonyl (C=O) groups is 2. The average Bonchev–Trinajstić information content (AvgIpc) is 3.34. The molecule has 1 fully saturated rings. The molecule has 0 radical (unpaired) electrons. The van der Waals surface area contributed by atoms with Gasteiger partial charge in [-0.25, -0.2) is 4.68 Å². The van der Waals surface area contributed by atoms with E-state index < -0.39 is 0 Å². The molecule has 1 saturated heterocycles. The highest BCUT2D eigenvalue weighted by Gasteiger charge is 2.27. The molecule has 2 heterocycles. The van der Waals surface area contributed by atoms with Gasteiger partial charge >= 0.3 is 0 Å². The van der Waals surface area contributed by atoms with E-state index >= 15 is 0 Å². The molecule has 0 unspecified atom stereocenters. The third kappa shape index (κ3) is 3.66. The second-order valence-corrected chi connectivity index (χ2v) is 7.50. The number of aromatic nitrogens is 3. The number of hydrogen-bond donors (Lipinski definition) is 0. The van der Waals surface area contributed by atoms with E-state index in [4.69, 9.17) is 0 Å². The van der Waals surface area contributed by atoms with Gasteiger partial charge in [-0.05, 0) is 29.0 Å². The van der Waals surface area contributed by atoms with Crippen molar-refractivity contribution in [2.75, 3.05) is 26.2 Å². The maximum Gasteiger partial charge on any atom is 0.276 e. The van der Waals surface area contributed by atoms with Crippen molar-refractivity contribution in [1.82, 2.24) is 24.8 Å². The minimum Gasteiger partial charge on any atom is -0.335 e. The maximum absolute atomic E-state index is 13.1. The van der Waals surface area contributed by atoms with Gasteiger partial charge in [0, 0.05) is 31.7 Å². The Bertz CT molecular complexity index is 1240. The number of benzene rings is 3. The van der Waals surface area contributed by atoms with E-state index in [1.54, 1.807) is 15.8 Å². The van der Waals surface area contributed by atoms with E-state index in [9.17, 15) is 9.59 Å². The summed E-state index contributed by atoms with van der Waals surface area (Å²) >= 11 is 0. The first-order valence-corrected chi connectivity index (χ1v) is 10.2. The Balaban J connectivity index is 1.27. The summed E-state index contributed by atoms with van der Waals surface area (Å²) in [6.07, 6.45) is 1.64. The molecule has 0 saturated carbocycles. The summed E-state index contributed by atoms with van der Waals surface area (Å²) in [6.45, 7) is 1.91. The minimum atomic E-state index is -0.167. The fourth-order valence-corrected chi connectivity index (χ4v) is 3.93. The zero-order valence-electron chi connectivity index (χ0n) is 16.9. The van der Waals surface area contributed by atoms with Gasteiger partial charge in [0.05, 0.1) is 11.9 Å². The second kappa shape index (κ2) is 8.02. The molecule has 1 aromatic heterocycles. The summed E-state index contributed by atoms with van der Waals surface area (Å²) in [6, 6.07) is 23.2. The Hall–Kier alpha value is -4.00. The fraction of sp³-hybridized carbons (Fsp3) is 0.167. The number of fused-ring (bicyclic) bond motifs is 1. The quantitative estimate of drug-likeness (QED) is 0.520. The minimum absolute atomic E-state index is 0.000999. The zero-order chi connectivity index (χ0) is 21.2. The number of hydrogen-bond acceptors (Lipinski definition) is 4. The topological polar surface area (TPSA) is 71.3 Å². The summed E-state index contributed by atoms with van der Waals surface area (Å²) < 4.78 is 1.59. The van der Waals surface area contributed by atoms with Crippen LogP contribution in [0, 0.1) is 0 Å². The molecule has 5 rings (SSSR count). The van der Waals surface area contributed by atoms with Crippen molar-refractivity contribution in [3.8, 4) is 5.69 Å². The molecule has 0 bridgehead atoms. The van der Waals surface area contributed by atoms with Gasteiger partial charge in [-0.3, -0.25) is 9.59 Å². The molecule has 31 heavy (non-hydrogen) atoms. The van der Waals surface area contributed by atoms with Crippen molar-refractivity contribution in [1.29, 1.82) is 0 Å². The molecule has 1 aliphatic rings. The lowest BCUT2D eigenvalue weighted by atomic mass is 10.0. The molecule has 0 aliphatic carbocycles. The molecule has 7 nitrogen and oxygen atoms in total. The molecule has 0 atom stereocenters. The van der Waals surface area contributed by atoms with E-state index in [1.807, 2.05) is 77.7 Å². The van der Waals surface area contributed by atoms with Gasteiger partial charge in [-0.2, -0.15) is 0 Å². The van der Waals surface area contributed by atoms with Crippen molar-refractivity contribution >= 4 is 22.6 Å². The highest BCUT2D eigenvalue weighted by Crippen LogP contribution is 2.21. The number of amides is 2. The molecule has 3 aromatic carbocycles. The van der Waals surface area contributed by atoms with Gasteiger partial charge in [-0.15, -0.1) is 5.10 Å². The fourth-order valence-electron chi connectivity index (χ4n) is 3.93. The highest BCUT2D eigenvalue weighted by molar-refractivity contribution is 6.07. The summed E-state index contributed by atoms with van der Waals surface area (Å²) in [4.78, 5) is 29.5. The standard InChI is InChI=1S/C24H21N5O2/c30-23(21-12-6-8-18-7-4-5-11-20(18)21)27-13-15-28(16-14-27)24(31)22-17-29(26-25-22)19-9-2-1-3-10-19/h1-12,17H,13-16H2. The van der Waals surface area contributed by atoms with E-state index in [-0.39, 0.29) is 11.8 Å². The van der Waals surface area contributed by atoms with E-state index in [0.29, 0.717) is 37.4 Å². The molecule has 1 aliphatic heterocycles. The largest absolute Gasteiger partial charge is 0.335 e. The Labute approximate surface area is 179 Å². The third-order valence-corrected chi connectivity index (χ3v) is 5.61. The van der Waals surface area contributed by atoms with Gasteiger partial charge < -0.3 is 9.80 Å². The van der Waals surface area contributed by atoms with Crippen LogP contribution in [0.25, 0.3) is 16.5 Å². The van der Waals surface area contributed by atoms with Gasteiger partial charge in [0.1, 0.15) is 0 Å². The monoisotopic (exact) mass is 411 g/mol. The van der Waals surface area contributed by atoms with Crippen LogP contribution in [-0.2, 0) is 0 Å². The molecular formula is C24H21N5O2. The number of rotatable bonds is 3. The maximum atomic E-state index is 13.1. The van der Waals surface area contributed by atoms with Gasteiger partial charge in [0.15, 0.2) is 5.69 Å². The number of carbonyl (C=O) groups excluding carboxylic acids is 2. The first kappa shape index (κ1) is 19.0. The third-order valence-electron chi connectivity index (χ3n) is 5.61. The lowest BCUT2D eigenvalue weighted by Crippen LogP contribution is -2.50. The Morgan fingerprint density at radius 1 is 0.710 bits per heavy atom. The van der Waals surface area contributed by atoms with Crippen molar-refractivity contribution in [3.05, 3.63) is 90.3 Å². The summed E-state index contributed by atoms with van der Waals surface area (Å²) in [5, 5.41) is 10.1. The predicted octanol–water partition coefficient (Wildman–Crippen LogP) is 3.02. The van der Waals surface area contributed by atoms with Crippen LogP contribution >= 0.6 is 0 Å². The van der Waals surface area contributed by atoms with Gasteiger partial charge in [0.2, 0.25) is 0 Å². The summed E-state index contributed by atoms with van der Waals surface area (Å²) in [5.74, 6) is -0.168. The lowest BCUT2D eigenvalue weighted by molar-refractivity contribution is 0.0533. The van der Waals surface area contributed by atoms with E-state index in [2.05, 4.69) is 10.3 Å². The first-order chi connectivity index (χ1) is 15.2. The molecule has 4 aromatic rings. The number of nitrogens with zero attached hydrogens (tertiary/aromatic N) is 5. The Morgan fingerprint density at radius 3 is 2.13 bits per heavy atom. The van der Waals surface area contributed by atoms with Gasteiger partial charge in [0.25, 0.3) is 11.8 Å². The van der Waals surface area contributed by atoms with Gasteiger partial charge in [-0.1, -0.05) is 59.8 Å². The number of piperazine rings is 1. The molecule has 2 amide bonds. The SMILES string of the molecule is O=C(c1cn(-c2ccccc2)nn1)N1CCN(C(=O)c2cccc3ccccc23)CC1. The Kier molecular flexibility index (Phi) is 4.92. The highest BCUT2D eigenvalue weighted by atomic mass is 16.2. The van der Waals surface area contributed by atoms with Crippen molar-refractivity contribution in [2.24, 2.45) is 0 Å². The van der Waals surface area contributed by atoms with Crippen LogP contribution in [0.2, 0.25) is 0 Å². The van der Waals surface area contributed by atoms with E-state index in [0.717, 1.165) is 16.5 Å². The van der Waals surface area contributed by atoms with Crippen LogP contribution in [0.1, 0.15) is 20.8 Å². The van der Waals surface area contributed by atoms with Crippen LogP contribution in [0.3, 0.4) is 0 Å². The molecule has 0 N–H and O–H groups in total. The summed E-state index contributed by atoms with van der Waals surface area (Å²) in [7, 11) is 0. The molecule has 7 heteroatoms. The smallest absolute Gasteiger partial charge is 0.276 e. The van der Waals surface area contributed by atoms with Crippen molar-refractivity contribution in [2.45, 2.75) is 0 Å². The van der Waals surface area contributed by atoms with Crippen LogP contribution in [0.5, 0.6) is 0 Å². The first-order valence-electron chi connectivity index (χ1n) is 10.2. The molecular weight excluding hydrogens is 390 g/mol. The molecule has 154 valence electrons. The molecule has 0 spiro atoms. The second-order valence-electron chi connectivity index (χ2n) is 7.50. The number of para-hydroxylation sites is 1. The normalized spacial score (nSPS) is 14.1. The van der Waals surface area contributed by atoms with Crippen molar-refractivity contribution in [3.63, 3.8) is 0 Å². The van der Waals surface area contributed by atoms with Crippen LogP contribution in [-0.4, -0.2) is 62.8 Å². The predicted molar refractivity (Wildman–Crippen MR) is 117 cm³/mol. The van der Waals surface area contributed by atoms with Crippen molar-refractivity contribution < 1.29 is 9.59 Å². The zero-order valence-corrected chi connectivity index (χ0v) is 16.9. The lowest BCUT2D eigenvalue weighted by Gasteiger charge is -2.34. The van der Waals surface area contributed by atoms with Crippen LogP contribution in [0.15, 0.2) is 79.0 Å². The Morgan fingerprint density at radius 2 is 1.35 bits per heavy atom. The average molecular weight is 411 g/mol.